The van der Waals surface area contributed by atoms with Crippen molar-refractivity contribution in [3.8, 4) is 0 Å². The summed E-state index contributed by atoms with van der Waals surface area (Å²) in [5.41, 5.74) is 0. The van der Waals surface area contributed by atoms with Crippen molar-refractivity contribution in [2.45, 2.75) is 51.3 Å². The predicted octanol–water partition coefficient (Wildman–Crippen LogP) is 0.993. The van der Waals surface area contributed by atoms with Gasteiger partial charge in [-0.2, -0.15) is 4.31 Å². The van der Waals surface area contributed by atoms with Gasteiger partial charge in [0.05, 0.1) is 6.10 Å². The first kappa shape index (κ1) is 16.1. The van der Waals surface area contributed by atoms with Crippen molar-refractivity contribution in [3.63, 3.8) is 0 Å². The number of aryl methyl sites for hydroxylation is 2. The molecule has 1 heterocycles. The van der Waals surface area contributed by atoms with Crippen LogP contribution in [0.4, 0.5) is 0 Å². The van der Waals surface area contributed by atoms with E-state index in [-0.39, 0.29) is 11.6 Å². The molecule has 0 saturated heterocycles. The minimum absolute atomic E-state index is 0.0755. The highest BCUT2D eigenvalue weighted by Gasteiger charge is 2.24. The molecule has 0 aromatic carbocycles. The zero-order valence-corrected chi connectivity index (χ0v) is 12.8. The van der Waals surface area contributed by atoms with E-state index in [1.54, 1.807) is 20.0 Å². The lowest BCUT2D eigenvalue weighted by molar-refractivity contribution is 0.177. The summed E-state index contributed by atoms with van der Waals surface area (Å²) in [6.07, 6.45) is 2.39. The molecular formula is C12H23N3O3S. The van der Waals surface area contributed by atoms with Gasteiger partial charge in [0.2, 0.25) is 0 Å². The van der Waals surface area contributed by atoms with Gasteiger partial charge >= 0.3 is 0 Å². The molecule has 0 aliphatic heterocycles. The maximum Gasteiger partial charge on any atom is 0.261 e. The molecule has 0 saturated carbocycles. The maximum absolute atomic E-state index is 12.3. The number of rotatable bonds is 7. The van der Waals surface area contributed by atoms with E-state index in [0.717, 1.165) is 13.0 Å². The average Bonchev–Trinajstić information content (AvgIpc) is 2.69. The molecule has 0 fully saturated rings. The van der Waals surface area contributed by atoms with Crippen molar-refractivity contribution in [3.05, 3.63) is 12.0 Å². The lowest BCUT2D eigenvalue weighted by Gasteiger charge is -2.16. The smallest absolute Gasteiger partial charge is 0.261 e. The van der Waals surface area contributed by atoms with Gasteiger partial charge in [0.15, 0.2) is 5.03 Å². The second-order valence-corrected chi connectivity index (χ2v) is 6.78. The molecule has 6 nitrogen and oxygen atoms in total. The van der Waals surface area contributed by atoms with Crippen LogP contribution in [-0.2, 0) is 16.6 Å². The summed E-state index contributed by atoms with van der Waals surface area (Å²) in [6.45, 7) is 6.50. The van der Waals surface area contributed by atoms with E-state index in [1.807, 2.05) is 11.5 Å². The van der Waals surface area contributed by atoms with Crippen LogP contribution >= 0.6 is 0 Å². The van der Waals surface area contributed by atoms with E-state index in [9.17, 15) is 13.5 Å². The van der Waals surface area contributed by atoms with E-state index < -0.39 is 16.1 Å². The first-order valence-corrected chi connectivity index (χ1v) is 7.91. The highest BCUT2D eigenvalue weighted by Crippen LogP contribution is 2.15. The van der Waals surface area contributed by atoms with Gasteiger partial charge in [-0.3, -0.25) is 0 Å². The zero-order chi connectivity index (χ0) is 14.6. The van der Waals surface area contributed by atoms with E-state index >= 15 is 0 Å². The molecule has 1 aromatic rings. The zero-order valence-electron chi connectivity index (χ0n) is 12.0. The number of aromatic nitrogens is 2. The fourth-order valence-corrected chi connectivity index (χ4v) is 2.89. The number of sulfonamides is 1. The molecule has 1 aromatic heterocycles. The largest absolute Gasteiger partial charge is 0.393 e. The molecule has 0 radical (unpaired) electrons. The Morgan fingerprint density at radius 2 is 2.16 bits per heavy atom. The summed E-state index contributed by atoms with van der Waals surface area (Å²) < 4.78 is 27.6. The van der Waals surface area contributed by atoms with Crippen LogP contribution in [0.1, 0.15) is 32.5 Å². The topological polar surface area (TPSA) is 75.4 Å². The molecule has 0 amide bonds. The fraction of sp³-hybridized carbons (Fsp3) is 0.750. The molecule has 0 bridgehead atoms. The number of hydrogen-bond acceptors (Lipinski definition) is 4. The number of nitrogens with zero attached hydrogens (tertiary/aromatic N) is 3. The highest BCUT2D eigenvalue weighted by molar-refractivity contribution is 7.89. The van der Waals surface area contributed by atoms with Crippen LogP contribution in [0.25, 0.3) is 0 Å². The normalized spacial score (nSPS) is 14.0. The second kappa shape index (κ2) is 6.49. The summed E-state index contributed by atoms with van der Waals surface area (Å²) >= 11 is 0. The Hall–Kier alpha value is -0.920. The Balaban J connectivity index is 2.90. The van der Waals surface area contributed by atoms with Gasteiger partial charge in [0, 0.05) is 26.3 Å². The molecule has 1 N–H and O–H groups in total. The fourth-order valence-electron chi connectivity index (χ4n) is 1.72. The van der Waals surface area contributed by atoms with E-state index in [0.29, 0.717) is 12.2 Å². The molecule has 7 heteroatoms. The van der Waals surface area contributed by atoms with Crippen LogP contribution in [0, 0.1) is 6.92 Å². The monoisotopic (exact) mass is 289 g/mol. The van der Waals surface area contributed by atoms with Crippen molar-refractivity contribution in [2.24, 2.45) is 0 Å². The molecule has 1 atom stereocenters. The summed E-state index contributed by atoms with van der Waals surface area (Å²) in [6, 6.07) is 0. The molecule has 0 spiro atoms. The Morgan fingerprint density at radius 1 is 1.53 bits per heavy atom. The molecule has 0 aliphatic rings. The van der Waals surface area contributed by atoms with Crippen molar-refractivity contribution in [1.82, 2.24) is 13.9 Å². The van der Waals surface area contributed by atoms with Gasteiger partial charge in [0.1, 0.15) is 5.82 Å². The molecule has 1 rings (SSSR count). The van der Waals surface area contributed by atoms with Gasteiger partial charge in [-0.1, -0.05) is 6.92 Å². The SMILES string of the molecule is CCCn1cc(S(=O)(=O)N(C)CCC(C)O)nc1C. The third-order valence-corrected chi connectivity index (χ3v) is 4.68. The van der Waals surface area contributed by atoms with Crippen LogP contribution in [-0.4, -0.2) is 47.1 Å². The van der Waals surface area contributed by atoms with Crippen molar-refractivity contribution < 1.29 is 13.5 Å². The van der Waals surface area contributed by atoms with Gasteiger partial charge in [0.25, 0.3) is 10.0 Å². The van der Waals surface area contributed by atoms with Gasteiger partial charge in [-0.15, -0.1) is 0 Å². The standard InChI is InChI=1S/C12H23N3O3S/c1-5-7-15-9-12(13-11(15)3)19(17,18)14(4)8-6-10(2)16/h9-10,16H,5-8H2,1-4H3. The Kier molecular flexibility index (Phi) is 5.51. The quantitative estimate of drug-likeness (QED) is 0.812. The minimum atomic E-state index is -3.56. The van der Waals surface area contributed by atoms with Gasteiger partial charge in [-0.05, 0) is 26.7 Å². The summed E-state index contributed by atoms with van der Waals surface area (Å²) in [5, 5.41) is 9.29. The van der Waals surface area contributed by atoms with E-state index in [1.165, 1.54) is 11.4 Å². The Bertz CT molecular complexity index is 508. The van der Waals surface area contributed by atoms with Crippen LogP contribution in [0.2, 0.25) is 0 Å². The van der Waals surface area contributed by atoms with Crippen LogP contribution in [0.5, 0.6) is 0 Å². The number of aliphatic hydroxyl groups excluding tert-OH is 1. The minimum Gasteiger partial charge on any atom is -0.393 e. The molecule has 19 heavy (non-hydrogen) atoms. The highest BCUT2D eigenvalue weighted by atomic mass is 32.2. The Labute approximate surface area is 115 Å². The van der Waals surface area contributed by atoms with Crippen molar-refractivity contribution in [1.29, 1.82) is 0 Å². The first-order valence-electron chi connectivity index (χ1n) is 6.47. The van der Waals surface area contributed by atoms with Gasteiger partial charge in [-0.25, -0.2) is 13.4 Å². The van der Waals surface area contributed by atoms with Crippen molar-refractivity contribution in [2.75, 3.05) is 13.6 Å². The third kappa shape index (κ3) is 4.02. The van der Waals surface area contributed by atoms with Crippen molar-refractivity contribution >= 4 is 10.0 Å². The molecule has 110 valence electrons. The average molecular weight is 289 g/mol. The van der Waals surface area contributed by atoms with E-state index in [2.05, 4.69) is 4.98 Å². The van der Waals surface area contributed by atoms with Gasteiger partial charge < -0.3 is 9.67 Å². The number of aliphatic hydroxyl groups is 1. The summed E-state index contributed by atoms with van der Waals surface area (Å²) in [5.74, 6) is 0.698. The summed E-state index contributed by atoms with van der Waals surface area (Å²) in [7, 11) is -2.06. The summed E-state index contributed by atoms with van der Waals surface area (Å²) in [4.78, 5) is 4.12. The predicted molar refractivity (Wildman–Crippen MR) is 73.4 cm³/mol. The van der Waals surface area contributed by atoms with E-state index in [4.69, 9.17) is 0 Å². The van der Waals surface area contributed by atoms with Crippen LogP contribution in [0.15, 0.2) is 11.2 Å². The lowest BCUT2D eigenvalue weighted by Crippen LogP contribution is -2.29. The number of imidazole rings is 1. The molecule has 0 aliphatic carbocycles. The lowest BCUT2D eigenvalue weighted by atomic mass is 10.3. The second-order valence-electron chi connectivity index (χ2n) is 4.78. The number of hydrogen-bond donors (Lipinski definition) is 1. The molecular weight excluding hydrogens is 266 g/mol. The Morgan fingerprint density at radius 3 is 2.68 bits per heavy atom. The third-order valence-electron chi connectivity index (χ3n) is 2.95. The molecule has 1 unspecified atom stereocenters. The first-order chi connectivity index (χ1) is 8.78. The van der Waals surface area contributed by atoms with Crippen LogP contribution < -0.4 is 0 Å². The maximum atomic E-state index is 12.3. The van der Waals surface area contributed by atoms with Crippen LogP contribution in [0.3, 0.4) is 0 Å².